The van der Waals surface area contributed by atoms with Gasteiger partial charge in [0, 0.05) is 11.1 Å². The quantitative estimate of drug-likeness (QED) is 0.641. The van der Waals surface area contributed by atoms with Crippen LogP contribution in [-0.4, -0.2) is 31.1 Å². The third kappa shape index (κ3) is 3.18. The molecule has 1 heterocycles. The van der Waals surface area contributed by atoms with Crippen LogP contribution in [0.2, 0.25) is 0 Å². The van der Waals surface area contributed by atoms with Crippen molar-refractivity contribution in [2.75, 3.05) is 13.2 Å². The molecule has 2 aromatic carbocycles. The van der Waals surface area contributed by atoms with E-state index in [0.717, 1.165) is 0 Å². The van der Waals surface area contributed by atoms with Crippen LogP contribution >= 0.6 is 0 Å². The van der Waals surface area contributed by atoms with Crippen LogP contribution in [0.15, 0.2) is 48.5 Å². The summed E-state index contributed by atoms with van der Waals surface area (Å²) in [6, 6.07) is 13.9. The number of hydrogen-bond acceptors (Lipinski definition) is 5. The summed E-state index contributed by atoms with van der Waals surface area (Å²) >= 11 is 0. The maximum Gasteiger partial charge on any atom is 0.350 e. The molecule has 2 aromatic rings. The Morgan fingerprint density at radius 1 is 1.09 bits per heavy atom. The summed E-state index contributed by atoms with van der Waals surface area (Å²) in [6.07, 6.45) is -0.815. The molecule has 1 unspecified atom stereocenters. The van der Waals surface area contributed by atoms with Gasteiger partial charge in [-0.1, -0.05) is 30.3 Å². The van der Waals surface area contributed by atoms with Crippen molar-refractivity contribution in [3.05, 3.63) is 59.7 Å². The molecule has 0 saturated heterocycles. The molecule has 1 aliphatic rings. The second-order valence-electron chi connectivity index (χ2n) is 5.03. The molecule has 1 aliphatic heterocycles. The Morgan fingerprint density at radius 3 is 2.61 bits per heavy atom. The topological polar surface area (TPSA) is 61.8 Å². The van der Waals surface area contributed by atoms with Gasteiger partial charge in [0.05, 0.1) is 6.61 Å². The molecule has 0 amide bonds. The molecule has 0 spiro atoms. The average Bonchev–Trinajstić information content (AvgIpc) is 2.61. The lowest BCUT2D eigenvalue weighted by Crippen LogP contribution is -2.37. The van der Waals surface area contributed by atoms with Gasteiger partial charge < -0.3 is 14.2 Å². The maximum atomic E-state index is 12.5. The summed E-state index contributed by atoms with van der Waals surface area (Å²) in [5.41, 5.74) is 1.06. The maximum absolute atomic E-state index is 12.5. The number of hydrogen-bond donors (Lipinski definition) is 0. The highest BCUT2D eigenvalue weighted by molar-refractivity contribution is 6.09. The molecule has 5 nitrogen and oxygen atoms in total. The lowest BCUT2D eigenvalue weighted by molar-refractivity contribution is -0.153. The van der Waals surface area contributed by atoms with Gasteiger partial charge in [-0.05, 0) is 25.1 Å². The third-order valence-corrected chi connectivity index (χ3v) is 3.45. The molecular weight excluding hydrogens is 296 g/mol. The van der Waals surface area contributed by atoms with Gasteiger partial charge in [-0.2, -0.15) is 0 Å². The molecule has 1 atom stereocenters. The largest absolute Gasteiger partial charge is 0.485 e. The van der Waals surface area contributed by atoms with Crippen molar-refractivity contribution in [3.8, 4) is 11.5 Å². The van der Waals surface area contributed by atoms with Gasteiger partial charge >= 0.3 is 5.97 Å². The van der Waals surface area contributed by atoms with Crippen molar-refractivity contribution >= 4 is 11.8 Å². The summed E-state index contributed by atoms with van der Waals surface area (Å²) in [7, 11) is 0. The fraction of sp³-hybridized carbons (Fsp3) is 0.222. The zero-order chi connectivity index (χ0) is 16.2. The Kier molecular flexibility index (Phi) is 4.28. The van der Waals surface area contributed by atoms with Gasteiger partial charge in [0.15, 0.2) is 17.3 Å². The third-order valence-electron chi connectivity index (χ3n) is 3.45. The van der Waals surface area contributed by atoms with E-state index in [0.29, 0.717) is 22.6 Å². The van der Waals surface area contributed by atoms with E-state index >= 15 is 0 Å². The SMILES string of the molecule is CCOC(=O)C1COc2ccc(C(=O)c3ccccc3)cc2O1. The number of ether oxygens (including phenoxy) is 3. The Labute approximate surface area is 133 Å². The lowest BCUT2D eigenvalue weighted by atomic mass is 10.0. The fourth-order valence-corrected chi connectivity index (χ4v) is 2.32. The predicted octanol–water partition coefficient (Wildman–Crippen LogP) is 2.62. The van der Waals surface area contributed by atoms with Gasteiger partial charge in [-0.3, -0.25) is 4.79 Å². The standard InChI is InChI=1S/C18H16O5/c1-2-21-18(20)16-11-22-14-9-8-13(10-15(14)23-16)17(19)12-6-4-3-5-7-12/h3-10,16H,2,11H2,1H3. The Hall–Kier alpha value is -2.82. The molecule has 0 bridgehead atoms. The molecule has 0 N–H and O–H groups in total. The number of carbonyl (C=O) groups excluding carboxylic acids is 2. The van der Waals surface area contributed by atoms with E-state index in [-0.39, 0.29) is 19.0 Å². The number of benzene rings is 2. The highest BCUT2D eigenvalue weighted by Gasteiger charge is 2.29. The molecular formula is C18H16O5. The predicted molar refractivity (Wildman–Crippen MR) is 82.9 cm³/mol. The molecule has 0 fully saturated rings. The van der Waals surface area contributed by atoms with Gasteiger partial charge in [0.1, 0.15) is 6.61 Å². The van der Waals surface area contributed by atoms with Crippen LogP contribution in [0.25, 0.3) is 0 Å². The minimum absolute atomic E-state index is 0.0951. The van der Waals surface area contributed by atoms with E-state index in [2.05, 4.69) is 0 Å². The van der Waals surface area contributed by atoms with E-state index in [9.17, 15) is 9.59 Å². The molecule has 23 heavy (non-hydrogen) atoms. The second-order valence-corrected chi connectivity index (χ2v) is 5.03. The lowest BCUT2D eigenvalue weighted by Gasteiger charge is -2.25. The monoisotopic (exact) mass is 312 g/mol. The van der Waals surface area contributed by atoms with E-state index in [1.807, 2.05) is 18.2 Å². The summed E-state index contributed by atoms with van der Waals surface area (Å²) in [5.74, 6) is 0.291. The van der Waals surface area contributed by atoms with Crippen LogP contribution in [0, 0.1) is 0 Å². The van der Waals surface area contributed by atoms with Crippen LogP contribution in [0.4, 0.5) is 0 Å². The van der Waals surface area contributed by atoms with Gasteiger partial charge in [-0.25, -0.2) is 4.79 Å². The first-order valence-electron chi connectivity index (χ1n) is 7.39. The summed E-state index contributed by atoms with van der Waals surface area (Å²) in [4.78, 5) is 24.2. The zero-order valence-electron chi connectivity index (χ0n) is 12.7. The van der Waals surface area contributed by atoms with Crippen LogP contribution in [0.3, 0.4) is 0 Å². The first-order chi connectivity index (χ1) is 11.2. The highest BCUT2D eigenvalue weighted by Crippen LogP contribution is 2.33. The van der Waals surface area contributed by atoms with E-state index in [1.54, 1.807) is 37.3 Å². The normalized spacial score (nSPS) is 15.8. The molecule has 0 radical (unpaired) electrons. The molecule has 0 saturated carbocycles. The molecule has 118 valence electrons. The van der Waals surface area contributed by atoms with Crippen LogP contribution in [0.1, 0.15) is 22.8 Å². The first kappa shape index (κ1) is 15.1. The number of rotatable bonds is 4. The summed E-state index contributed by atoms with van der Waals surface area (Å²) < 4.78 is 16.1. The van der Waals surface area contributed by atoms with Crippen molar-refractivity contribution < 1.29 is 23.8 Å². The molecule has 5 heteroatoms. The minimum Gasteiger partial charge on any atom is -0.485 e. The number of fused-ring (bicyclic) bond motifs is 1. The van der Waals surface area contributed by atoms with E-state index < -0.39 is 12.1 Å². The number of ketones is 1. The van der Waals surface area contributed by atoms with Gasteiger partial charge in [0.2, 0.25) is 6.10 Å². The zero-order valence-corrected chi connectivity index (χ0v) is 12.7. The molecule has 0 aromatic heterocycles. The van der Waals surface area contributed by atoms with Crippen LogP contribution in [-0.2, 0) is 9.53 Å². The Bertz CT molecular complexity index is 723. The molecule has 0 aliphatic carbocycles. The number of esters is 1. The van der Waals surface area contributed by atoms with Crippen molar-refractivity contribution in [2.45, 2.75) is 13.0 Å². The number of carbonyl (C=O) groups is 2. The Morgan fingerprint density at radius 2 is 1.87 bits per heavy atom. The summed E-state index contributed by atoms with van der Waals surface area (Å²) in [5, 5.41) is 0. The average molecular weight is 312 g/mol. The van der Waals surface area contributed by atoms with Gasteiger partial charge in [0.25, 0.3) is 0 Å². The smallest absolute Gasteiger partial charge is 0.350 e. The van der Waals surface area contributed by atoms with Gasteiger partial charge in [-0.15, -0.1) is 0 Å². The Balaban J connectivity index is 1.83. The van der Waals surface area contributed by atoms with Crippen LogP contribution in [0.5, 0.6) is 11.5 Å². The first-order valence-corrected chi connectivity index (χ1v) is 7.39. The second kappa shape index (κ2) is 6.52. The van der Waals surface area contributed by atoms with E-state index in [4.69, 9.17) is 14.2 Å². The van der Waals surface area contributed by atoms with Crippen LogP contribution < -0.4 is 9.47 Å². The van der Waals surface area contributed by atoms with Crippen molar-refractivity contribution in [3.63, 3.8) is 0 Å². The van der Waals surface area contributed by atoms with Crippen molar-refractivity contribution in [1.29, 1.82) is 0 Å². The minimum atomic E-state index is -0.815. The van der Waals surface area contributed by atoms with Crippen molar-refractivity contribution in [2.24, 2.45) is 0 Å². The summed E-state index contributed by atoms with van der Waals surface area (Å²) in [6.45, 7) is 2.10. The van der Waals surface area contributed by atoms with Crippen molar-refractivity contribution in [1.82, 2.24) is 0 Å². The molecule has 3 rings (SSSR count). The highest BCUT2D eigenvalue weighted by atomic mass is 16.6. The van der Waals surface area contributed by atoms with E-state index in [1.165, 1.54) is 0 Å². The fourth-order valence-electron chi connectivity index (χ4n) is 2.32.